The van der Waals surface area contributed by atoms with Gasteiger partial charge >= 0.3 is 0 Å². The van der Waals surface area contributed by atoms with Crippen molar-refractivity contribution in [2.45, 2.75) is 12.8 Å². The summed E-state index contributed by atoms with van der Waals surface area (Å²) in [6.07, 6.45) is 6.23. The van der Waals surface area contributed by atoms with Gasteiger partial charge in [-0.25, -0.2) is 9.97 Å². The zero-order valence-corrected chi connectivity index (χ0v) is 10.7. The molecule has 2 aromatic rings. The predicted octanol–water partition coefficient (Wildman–Crippen LogP) is 1.38. The number of imidazole rings is 1. The number of fused-ring (bicyclic) bond motifs is 1. The van der Waals surface area contributed by atoms with Gasteiger partial charge in [-0.15, -0.1) is 0 Å². The van der Waals surface area contributed by atoms with Crippen molar-refractivity contribution in [2.75, 3.05) is 25.0 Å². The Balaban J connectivity index is 1.74. The first-order valence-corrected chi connectivity index (χ1v) is 6.55. The quantitative estimate of drug-likeness (QED) is 0.858. The van der Waals surface area contributed by atoms with Crippen LogP contribution in [0.2, 0.25) is 0 Å². The van der Waals surface area contributed by atoms with E-state index < -0.39 is 0 Å². The van der Waals surface area contributed by atoms with Crippen molar-refractivity contribution in [1.29, 1.82) is 0 Å². The van der Waals surface area contributed by atoms with Gasteiger partial charge in [0.25, 0.3) is 0 Å². The van der Waals surface area contributed by atoms with Gasteiger partial charge in [0.1, 0.15) is 5.52 Å². The van der Waals surface area contributed by atoms with Gasteiger partial charge < -0.3 is 15.2 Å². The monoisotopic (exact) mass is 245 g/mol. The highest BCUT2D eigenvalue weighted by molar-refractivity contribution is 5.85. The minimum Gasteiger partial charge on any atom is -0.368 e. The standard InChI is InChI=1S/C13H19N5/c1-18-9-17-12-11(18)4-6-15-13(12)16-8-10-3-2-5-14-7-10/h4,6,9-10,14H,2-3,5,7-8H2,1H3,(H,15,16). The average molecular weight is 245 g/mol. The molecule has 1 aliphatic rings. The molecule has 3 heterocycles. The number of rotatable bonds is 3. The minimum absolute atomic E-state index is 0.694. The number of nitrogens with zero attached hydrogens (tertiary/aromatic N) is 3. The summed E-state index contributed by atoms with van der Waals surface area (Å²) >= 11 is 0. The number of aromatic nitrogens is 3. The lowest BCUT2D eigenvalue weighted by atomic mass is 10.00. The Morgan fingerprint density at radius 2 is 2.44 bits per heavy atom. The second-order valence-electron chi connectivity index (χ2n) is 4.98. The first-order chi connectivity index (χ1) is 8.84. The van der Waals surface area contributed by atoms with E-state index in [1.807, 2.05) is 30.2 Å². The van der Waals surface area contributed by atoms with Crippen molar-refractivity contribution in [3.8, 4) is 0 Å². The van der Waals surface area contributed by atoms with Crippen LogP contribution < -0.4 is 10.6 Å². The molecule has 2 N–H and O–H groups in total. The van der Waals surface area contributed by atoms with Gasteiger partial charge in [-0.2, -0.15) is 0 Å². The molecule has 5 heteroatoms. The van der Waals surface area contributed by atoms with Gasteiger partial charge in [-0.3, -0.25) is 0 Å². The summed E-state index contributed by atoms with van der Waals surface area (Å²) in [4.78, 5) is 8.80. The highest BCUT2D eigenvalue weighted by Gasteiger charge is 2.14. The summed E-state index contributed by atoms with van der Waals surface area (Å²) in [5.74, 6) is 1.60. The molecule has 0 radical (unpaired) electrons. The van der Waals surface area contributed by atoms with Gasteiger partial charge in [0.15, 0.2) is 5.82 Å². The highest BCUT2D eigenvalue weighted by atomic mass is 15.1. The molecule has 0 aliphatic carbocycles. The molecule has 0 aromatic carbocycles. The Hall–Kier alpha value is -1.62. The first kappa shape index (κ1) is 11.5. The van der Waals surface area contributed by atoms with E-state index in [0.717, 1.165) is 36.5 Å². The van der Waals surface area contributed by atoms with Gasteiger partial charge in [0.05, 0.1) is 11.8 Å². The maximum atomic E-state index is 4.40. The van der Waals surface area contributed by atoms with E-state index in [1.165, 1.54) is 12.8 Å². The Morgan fingerprint density at radius 3 is 3.28 bits per heavy atom. The van der Waals surface area contributed by atoms with Crippen LogP contribution in [0.15, 0.2) is 18.6 Å². The SMILES string of the molecule is Cn1cnc2c(NCC3CCCNC3)nccc21. The number of hydrogen-bond acceptors (Lipinski definition) is 4. The van der Waals surface area contributed by atoms with Crippen LogP contribution in [0.1, 0.15) is 12.8 Å². The van der Waals surface area contributed by atoms with Crippen molar-refractivity contribution in [1.82, 2.24) is 19.9 Å². The lowest BCUT2D eigenvalue weighted by Gasteiger charge is -2.23. The second-order valence-corrected chi connectivity index (χ2v) is 4.98. The number of anilines is 1. The molecule has 1 aliphatic heterocycles. The lowest BCUT2D eigenvalue weighted by Crippen LogP contribution is -2.33. The van der Waals surface area contributed by atoms with Crippen LogP contribution in [-0.2, 0) is 7.05 Å². The molecular formula is C13H19N5. The van der Waals surface area contributed by atoms with Crippen LogP contribution in [0.4, 0.5) is 5.82 Å². The third-order valence-corrected chi connectivity index (χ3v) is 3.60. The topological polar surface area (TPSA) is 54.8 Å². The summed E-state index contributed by atoms with van der Waals surface area (Å²) in [6, 6.07) is 2.00. The largest absolute Gasteiger partial charge is 0.368 e. The molecule has 0 bridgehead atoms. The molecule has 96 valence electrons. The van der Waals surface area contributed by atoms with Crippen LogP contribution in [0.3, 0.4) is 0 Å². The molecule has 0 spiro atoms. The van der Waals surface area contributed by atoms with Crippen molar-refractivity contribution in [3.63, 3.8) is 0 Å². The molecule has 5 nitrogen and oxygen atoms in total. The maximum Gasteiger partial charge on any atom is 0.154 e. The van der Waals surface area contributed by atoms with Crippen LogP contribution in [-0.4, -0.2) is 34.2 Å². The summed E-state index contributed by atoms with van der Waals surface area (Å²) in [5, 5.41) is 6.88. The fraction of sp³-hybridized carbons (Fsp3) is 0.538. The molecule has 0 saturated carbocycles. The third-order valence-electron chi connectivity index (χ3n) is 3.60. The lowest BCUT2D eigenvalue weighted by molar-refractivity contribution is 0.392. The summed E-state index contributed by atoms with van der Waals surface area (Å²) < 4.78 is 2.02. The van der Waals surface area contributed by atoms with Crippen LogP contribution >= 0.6 is 0 Å². The fourth-order valence-corrected chi connectivity index (χ4v) is 2.53. The molecule has 0 amide bonds. The number of hydrogen-bond donors (Lipinski definition) is 2. The van der Waals surface area contributed by atoms with Gasteiger partial charge in [-0.1, -0.05) is 0 Å². The normalized spacial score (nSPS) is 20.2. The third kappa shape index (κ3) is 2.18. The smallest absolute Gasteiger partial charge is 0.154 e. The molecule has 2 aromatic heterocycles. The first-order valence-electron chi connectivity index (χ1n) is 6.55. The Labute approximate surface area is 107 Å². The summed E-state index contributed by atoms with van der Waals surface area (Å²) in [5.41, 5.74) is 2.08. The van der Waals surface area contributed by atoms with E-state index in [0.29, 0.717) is 5.92 Å². The van der Waals surface area contributed by atoms with Crippen molar-refractivity contribution < 1.29 is 0 Å². The van der Waals surface area contributed by atoms with Crippen LogP contribution in [0, 0.1) is 5.92 Å². The molecule has 18 heavy (non-hydrogen) atoms. The molecular weight excluding hydrogens is 226 g/mol. The van der Waals surface area contributed by atoms with E-state index in [9.17, 15) is 0 Å². The predicted molar refractivity (Wildman–Crippen MR) is 72.6 cm³/mol. The van der Waals surface area contributed by atoms with Gasteiger partial charge in [0, 0.05) is 19.8 Å². The van der Waals surface area contributed by atoms with E-state index in [2.05, 4.69) is 20.6 Å². The Kier molecular flexibility index (Phi) is 3.15. The number of pyridine rings is 1. The summed E-state index contributed by atoms with van der Waals surface area (Å²) in [6.45, 7) is 3.23. The number of nitrogens with one attached hydrogen (secondary N) is 2. The summed E-state index contributed by atoms with van der Waals surface area (Å²) in [7, 11) is 2.00. The molecule has 1 unspecified atom stereocenters. The molecule has 1 fully saturated rings. The Morgan fingerprint density at radius 1 is 1.50 bits per heavy atom. The zero-order valence-electron chi connectivity index (χ0n) is 10.7. The van der Waals surface area contributed by atoms with Gasteiger partial charge in [-0.05, 0) is 37.9 Å². The Bertz CT molecular complexity index is 527. The number of aryl methyl sites for hydroxylation is 1. The van der Waals surface area contributed by atoms with E-state index >= 15 is 0 Å². The highest BCUT2D eigenvalue weighted by Crippen LogP contribution is 2.19. The van der Waals surface area contributed by atoms with Crippen LogP contribution in [0.25, 0.3) is 11.0 Å². The van der Waals surface area contributed by atoms with Gasteiger partial charge in [0.2, 0.25) is 0 Å². The van der Waals surface area contributed by atoms with Crippen molar-refractivity contribution in [3.05, 3.63) is 18.6 Å². The zero-order chi connectivity index (χ0) is 12.4. The van der Waals surface area contributed by atoms with Crippen LogP contribution in [0.5, 0.6) is 0 Å². The maximum absolute atomic E-state index is 4.40. The average Bonchev–Trinajstić information content (AvgIpc) is 2.80. The molecule has 1 saturated heterocycles. The van der Waals surface area contributed by atoms with Crippen molar-refractivity contribution >= 4 is 16.9 Å². The molecule has 1 atom stereocenters. The molecule has 3 rings (SSSR count). The fourth-order valence-electron chi connectivity index (χ4n) is 2.53. The van der Waals surface area contributed by atoms with E-state index in [1.54, 1.807) is 0 Å². The van der Waals surface area contributed by atoms with Crippen molar-refractivity contribution in [2.24, 2.45) is 13.0 Å². The minimum atomic E-state index is 0.694. The van der Waals surface area contributed by atoms with E-state index in [-0.39, 0.29) is 0 Å². The van der Waals surface area contributed by atoms with E-state index in [4.69, 9.17) is 0 Å². The second kappa shape index (κ2) is 4.94. The number of piperidine rings is 1.